The van der Waals surface area contributed by atoms with Crippen molar-refractivity contribution in [3.8, 4) is 6.07 Å². The van der Waals surface area contributed by atoms with Gasteiger partial charge < -0.3 is 5.11 Å². The third-order valence-electron chi connectivity index (χ3n) is 6.54. The monoisotopic (exact) mass is 578 g/mol. The van der Waals surface area contributed by atoms with E-state index in [2.05, 4.69) is 4.94 Å². The molecule has 0 bridgehead atoms. The van der Waals surface area contributed by atoms with Crippen LogP contribution in [0.5, 0.6) is 0 Å². The topological polar surface area (TPSA) is 90.6 Å². The van der Waals surface area contributed by atoms with Crippen LogP contribution in [0.1, 0.15) is 44.2 Å². The first-order valence-corrected chi connectivity index (χ1v) is 11.8. The van der Waals surface area contributed by atoms with Crippen LogP contribution in [-0.4, -0.2) is 40.1 Å². The van der Waals surface area contributed by atoms with E-state index in [-0.39, 0.29) is 9.92 Å². The van der Waals surface area contributed by atoms with Gasteiger partial charge in [-0.1, -0.05) is 62.2 Å². The molecule has 2 aromatic rings. The number of benzene rings is 2. The quantitative estimate of drug-likeness (QED) is 0.314. The highest BCUT2D eigenvalue weighted by molar-refractivity contribution is 6.31. The number of nitriles is 1. The van der Waals surface area contributed by atoms with Gasteiger partial charge in [0.25, 0.3) is 0 Å². The van der Waals surface area contributed by atoms with Crippen molar-refractivity contribution in [3.63, 3.8) is 0 Å². The lowest BCUT2D eigenvalue weighted by molar-refractivity contribution is -0.245. The predicted octanol–water partition coefficient (Wildman–Crippen LogP) is 6.41. The molecular formula is C25H21Cl2F5N2O4. The minimum atomic E-state index is -4.98. The first kappa shape index (κ1) is 29.6. The van der Waals surface area contributed by atoms with Crippen LogP contribution in [0.3, 0.4) is 0 Å². The van der Waals surface area contributed by atoms with Crippen LogP contribution in [-0.2, 0) is 19.9 Å². The third kappa shape index (κ3) is 4.81. The number of rotatable bonds is 6. The summed E-state index contributed by atoms with van der Waals surface area (Å²) in [5.74, 6) is -9.28. The van der Waals surface area contributed by atoms with Crippen LogP contribution in [0.4, 0.5) is 22.1 Å². The molecule has 0 amide bonds. The van der Waals surface area contributed by atoms with Crippen molar-refractivity contribution < 1.29 is 41.7 Å². The zero-order valence-corrected chi connectivity index (χ0v) is 21.6. The molecule has 1 saturated heterocycles. The van der Waals surface area contributed by atoms with Gasteiger partial charge in [-0.3, -0.25) is 4.79 Å². The van der Waals surface area contributed by atoms with E-state index in [1.165, 1.54) is 6.07 Å². The molecule has 0 aromatic heterocycles. The van der Waals surface area contributed by atoms with Crippen LogP contribution < -0.4 is 0 Å². The second-order valence-electron chi connectivity index (χ2n) is 10.1. The minimum absolute atomic E-state index is 0.131. The lowest BCUT2D eigenvalue weighted by Gasteiger charge is -2.40. The highest BCUT2D eigenvalue weighted by Crippen LogP contribution is 2.58. The lowest BCUT2D eigenvalue weighted by atomic mass is 9.62. The molecule has 1 aliphatic rings. The van der Waals surface area contributed by atoms with Crippen LogP contribution in [0.25, 0.3) is 0 Å². The van der Waals surface area contributed by atoms with Gasteiger partial charge in [0, 0.05) is 27.1 Å². The molecule has 13 heteroatoms. The number of carbonyl (C=O) groups excluding carboxylic acids is 1. The van der Waals surface area contributed by atoms with Crippen molar-refractivity contribution in [1.82, 2.24) is 4.90 Å². The SMILES string of the molecule is CC(C)(C)C[C@@H]1N(C(F)(F)C(=O)OF)[C@@H](C(=O)O)[C@H](c2cccc(Cl)c2F)[C@@]1(C#N)c1ccc(Cl)cc1F. The van der Waals surface area contributed by atoms with Gasteiger partial charge in [-0.25, -0.2) is 23.4 Å². The normalized spacial score (nSPS) is 24.2. The van der Waals surface area contributed by atoms with Crippen LogP contribution in [0, 0.1) is 28.4 Å². The first-order valence-electron chi connectivity index (χ1n) is 11.1. The van der Waals surface area contributed by atoms with Crippen molar-refractivity contribution in [1.29, 1.82) is 5.26 Å². The number of nitrogens with zero attached hydrogens (tertiary/aromatic N) is 2. The van der Waals surface area contributed by atoms with E-state index in [9.17, 15) is 24.5 Å². The number of carbonyl (C=O) groups is 2. The van der Waals surface area contributed by atoms with Gasteiger partial charge in [0.1, 0.15) is 23.1 Å². The Morgan fingerprint density at radius 1 is 1.18 bits per heavy atom. The molecule has 204 valence electrons. The Hall–Kier alpha value is -2.94. The molecule has 0 spiro atoms. The maximum Gasteiger partial charge on any atom is 0.434 e. The Bertz CT molecular complexity index is 1310. The maximum atomic E-state index is 15.6. The van der Waals surface area contributed by atoms with Gasteiger partial charge in [0.15, 0.2) is 0 Å². The Kier molecular flexibility index (Phi) is 8.04. The van der Waals surface area contributed by atoms with Crippen LogP contribution in [0.15, 0.2) is 36.4 Å². The second kappa shape index (κ2) is 10.3. The van der Waals surface area contributed by atoms with Gasteiger partial charge in [-0.05, 0) is 35.6 Å². The molecule has 0 unspecified atom stereocenters. The van der Waals surface area contributed by atoms with E-state index in [0.29, 0.717) is 0 Å². The molecule has 0 aliphatic carbocycles. The molecule has 1 fully saturated rings. The van der Waals surface area contributed by atoms with Crippen molar-refractivity contribution in [2.75, 3.05) is 0 Å². The number of likely N-dealkylation sites (tertiary alicyclic amines) is 1. The average molecular weight is 579 g/mol. The summed E-state index contributed by atoms with van der Waals surface area (Å²) in [4.78, 5) is 27.2. The highest BCUT2D eigenvalue weighted by atomic mass is 35.5. The molecule has 1 heterocycles. The summed E-state index contributed by atoms with van der Waals surface area (Å²) in [5, 5.41) is 20.2. The molecule has 6 nitrogen and oxygen atoms in total. The standard InChI is InChI=1S/C25H21Cl2F5N2O4/c1-23(2,3)10-17-24(11-33,14-8-7-12(26)9-16(14)28)18(13-5-4-6-15(27)19(13)29)20(21(35)36)34(17)25(30,31)22(37)38-32/h4-9,17-18,20H,10H2,1-3H3,(H,35,36)/t17-,18-,20+,24-/m0/s1. The van der Waals surface area contributed by atoms with Gasteiger partial charge in [0.05, 0.1) is 11.1 Å². The Morgan fingerprint density at radius 3 is 2.32 bits per heavy atom. The minimum Gasteiger partial charge on any atom is -0.480 e. The van der Waals surface area contributed by atoms with E-state index in [1.807, 2.05) is 0 Å². The summed E-state index contributed by atoms with van der Waals surface area (Å²) >= 11 is 11.8. The molecule has 3 rings (SSSR count). The van der Waals surface area contributed by atoms with Gasteiger partial charge in [0.2, 0.25) is 0 Å². The third-order valence-corrected chi connectivity index (χ3v) is 7.07. The van der Waals surface area contributed by atoms with E-state index < -0.39 is 81.0 Å². The number of alkyl halides is 2. The number of hydrogen-bond acceptors (Lipinski definition) is 5. The fourth-order valence-corrected chi connectivity index (χ4v) is 5.55. The van der Waals surface area contributed by atoms with E-state index >= 15 is 17.6 Å². The largest absolute Gasteiger partial charge is 0.480 e. The molecule has 4 atom stereocenters. The van der Waals surface area contributed by atoms with E-state index in [4.69, 9.17) is 23.2 Å². The van der Waals surface area contributed by atoms with Gasteiger partial charge >= 0.3 is 18.0 Å². The number of hydrogen-bond donors (Lipinski definition) is 1. The van der Waals surface area contributed by atoms with Crippen LogP contribution >= 0.6 is 23.2 Å². The predicted molar refractivity (Wildman–Crippen MR) is 126 cm³/mol. The van der Waals surface area contributed by atoms with Gasteiger partial charge in [-0.2, -0.15) is 14.0 Å². The molecule has 38 heavy (non-hydrogen) atoms. The molecular weight excluding hydrogens is 558 g/mol. The molecule has 0 saturated carbocycles. The fourth-order valence-electron chi connectivity index (χ4n) is 5.21. The summed E-state index contributed by atoms with van der Waals surface area (Å²) in [7, 11) is 0. The smallest absolute Gasteiger partial charge is 0.434 e. The number of aliphatic carboxylic acids is 1. The number of carboxylic acid groups (broad SMARTS) is 1. The lowest BCUT2D eigenvalue weighted by Crippen LogP contribution is -2.58. The summed E-state index contributed by atoms with van der Waals surface area (Å²) in [6.45, 7) is 4.67. The van der Waals surface area contributed by atoms with Crippen molar-refractivity contribution >= 4 is 35.1 Å². The number of halogens is 7. The van der Waals surface area contributed by atoms with Crippen LogP contribution in [0.2, 0.25) is 10.0 Å². The number of carboxylic acids is 1. The maximum absolute atomic E-state index is 15.6. The zero-order valence-electron chi connectivity index (χ0n) is 20.1. The van der Waals surface area contributed by atoms with Gasteiger partial charge in [-0.15, -0.1) is 0 Å². The zero-order chi connectivity index (χ0) is 28.8. The fraction of sp³-hybridized carbons (Fsp3) is 0.400. The van der Waals surface area contributed by atoms with Crippen molar-refractivity contribution in [3.05, 3.63) is 69.2 Å². The molecule has 0 radical (unpaired) electrons. The highest BCUT2D eigenvalue weighted by Gasteiger charge is 2.72. The van der Waals surface area contributed by atoms with Crippen molar-refractivity contribution in [2.45, 2.75) is 56.7 Å². The van der Waals surface area contributed by atoms with Crippen molar-refractivity contribution in [2.24, 2.45) is 5.41 Å². The molecule has 2 aromatic carbocycles. The van der Waals surface area contributed by atoms with E-state index in [0.717, 1.165) is 30.3 Å². The summed E-state index contributed by atoms with van der Waals surface area (Å²) in [6, 6.07) is -1.52. The Morgan fingerprint density at radius 2 is 1.82 bits per heavy atom. The average Bonchev–Trinajstić information content (AvgIpc) is 3.10. The second-order valence-corrected chi connectivity index (χ2v) is 10.9. The summed E-state index contributed by atoms with van der Waals surface area (Å²) < 4.78 is 75.0. The Labute approximate surface area is 224 Å². The summed E-state index contributed by atoms with van der Waals surface area (Å²) in [6.07, 6.45) is -0.458. The molecule has 1 aliphatic heterocycles. The van der Waals surface area contributed by atoms with E-state index in [1.54, 1.807) is 26.8 Å². The Balaban J connectivity index is 2.58. The summed E-state index contributed by atoms with van der Waals surface area (Å²) in [5.41, 5.74) is -4.74. The first-order chi connectivity index (χ1) is 17.5. The molecule has 1 N–H and O–H groups in total.